The van der Waals surface area contributed by atoms with Crippen molar-refractivity contribution in [1.82, 2.24) is 0 Å². The van der Waals surface area contributed by atoms with Crippen LogP contribution in [-0.2, 0) is 22.4 Å². The molecule has 0 bridgehead atoms. The summed E-state index contributed by atoms with van der Waals surface area (Å²) >= 11 is 11.5. The lowest BCUT2D eigenvalue weighted by Gasteiger charge is -2.18. The predicted molar refractivity (Wildman–Crippen MR) is 81.0 cm³/mol. The van der Waals surface area contributed by atoms with E-state index in [1.165, 1.54) is 5.56 Å². The van der Waals surface area contributed by atoms with Gasteiger partial charge in [0.2, 0.25) is 0 Å². The van der Waals surface area contributed by atoms with Gasteiger partial charge in [0, 0.05) is 0 Å². The summed E-state index contributed by atoms with van der Waals surface area (Å²) in [7, 11) is 0. The maximum Gasteiger partial charge on any atom is 0.278 e. The van der Waals surface area contributed by atoms with E-state index in [9.17, 15) is 9.59 Å². The average molecular weight is 312 g/mol. The molecular formula is C15H15Cl2NO2. The van der Waals surface area contributed by atoms with E-state index in [4.69, 9.17) is 23.2 Å². The predicted octanol–water partition coefficient (Wildman–Crippen LogP) is 3.76. The Kier molecular flexibility index (Phi) is 4.51. The number of carbonyl (C=O) groups is 2. The molecule has 1 aliphatic heterocycles. The lowest BCUT2D eigenvalue weighted by atomic mass is 10.0. The van der Waals surface area contributed by atoms with Gasteiger partial charge < -0.3 is 0 Å². The topological polar surface area (TPSA) is 37.4 Å². The van der Waals surface area contributed by atoms with E-state index in [0.29, 0.717) is 5.69 Å². The summed E-state index contributed by atoms with van der Waals surface area (Å²) in [4.78, 5) is 25.1. The third-order valence-corrected chi connectivity index (χ3v) is 4.08. The quantitative estimate of drug-likeness (QED) is 0.794. The van der Waals surface area contributed by atoms with Gasteiger partial charge in [-0.2, -0.15) is 0 Å². The average Bonchev–Trinajstić information content (AvgIpc) is 2.64. The van der Waals surface area contributed by atoms with E-state index < -0.39 is 11.8 Å². The lowest BCUT2D eigenvalue weighted by molar-refractivity contribution is -0.120. The number of benzene rings is 1. The minimum atomic E-state index is -0.556. The molecule has 20 heavy (non-hydrogen) atoms. The number of hydrogen-bond acceptors (Lipinski definition) is 2. The molecule has 0 radical (unpaired) electrons. The molecule has 106 valence electrons. The van der Waals surface area contributed by atoms with Crippen LogP contribution in [0.15, 0.2) is 28.3 Å². The highest BCUT2D eigenvalue weighted by Crippen LogP contribution is 2.33. The molecule has 2 amide bonds. The van der Waals surface area contributed by atoms with Crippen molar-refractivity contribution in [3.8, 4) is 0 Å². The van der Waals surface area contributed by atoms with Crippen LogP contribution in [-0.4, -0.2) is 11.8 Å². The van der Waals surface area contributed by atoms with Crippen LogP contribution in [0.1, 0.15) is 31.4 Å². The second kappa shape index (κ2) is 5.98. The Bertz CT molecular complexity index is 584. The van der Waals surface area contributed by atoms with E-state index in [1.807, 2.05) is 19.1 Å². The van der Waals surface area contributed by atoms with E-state index in [0.717, 1.165) is 29.7 Å². The number of amides is 2. The van der Waals surface area contributed by atoms with E-state index >= 15 is 0 Å². The molecular weight excluding hydrogens is 297 g/mol. The fourth-order valence-electron chi connectivity index (χ4n) is 2.28. The largest absolute Gasteiger partial charge is 0.278 e. The summed E-state index contributed by atoms with van der Waals surface area (Å²) in [6, 6.07) is 5.75. The summed E-state index contributed by atoms with van der Waals surface area (Å²) < 4.78 is 0. The normalized spacial score (nSPS) is 15.5. The zero-order chi connectivity index (χ0) is 14.9. The van der Waals surface area contributed by atoms with E-state index in [-0.39, 0.29) is 10.1 Å². The molecule has 0 N–H and O–H groups in total. The van der Waals surface area contributed by atoms with Crippen LogP contribution in [0.2, 0.25) is 0 Å². The Labute approximate surface area is 128 Å². The van der Waals surface area contributed by atoms with Crippen LogP contribution in [0, 0.1) is 0 Å². The second-order valence-electron chi connectivity index (χ2n) is 4.64. The van der Waals surface area contributed by atoms with Crippen LogP contribution < -0.4 is 4.90 Å². The molecule has 0 unspecified atom stereocenters. The summed E-state index contributed by atoms with van der Waals surface area (Å²) in [5.41, 5.74) is 2.70. The zero-order valence-corrected chi connectivity index (χ0v) is 12.9. The maximum absolute atomic E-state index is 12.0. The fourth-order valence-corrected chi connectivity index (χ4v) is 2.61. The first-order valence-corrected chi connectivity index (χ1v) is 7.32. The molecule has 1 aromatic rings. The van der Waals surface area contributed by atoms with E-state index in [1.54, 1.807) is 6.07 Å². The summed E-state index contributed by atoms with van der Waals surface area (Å²) in [6.45, 7) is 4.09. The Hall–Kier alpha value is -1.32. The number of nitrogens with zero attached hydrogens (tertiary/aromatic N) is 1. The van der Waals surface area contributed by atoms with Gasteiger partial charge in [0.05, 0.1) is 5.69 Å². The molecule has 0 spiro atoms. The lowest BCUT2D eigenvalue weighted by Crippen LogP contribution is -2.31. The molecule has 1 heterocycles. The molecule has 0 fully saturated rings. The maximum atomic E-state index is 12.0. The number of imide groups is 1. The first-order valence-electron chi connectivity index (χ1n) is 6.57. The van der Waals surface area contributed by atoms with Gasteiger partial charge in [0.15, 0.2) is 0 Å². The van der Waals surface area contributed by atoms with Crippen LogP contribution in [0.5, 0.6) is 0 Å². The van der Waals surface area contributed by atoms with Crippen molar-refractivity contribution >= 4 is 40.7 Å². The summed E-state index contributed by atoms with van der Waals surface area (Å²) in [6.07, 6.45) is 2.73. The number of carbonyl (C=O) groups excluding carboxylic acids is 2. The molecule has 0 aliphatic carbocycles. The van der Waals surface area contributed by atoms with Gasteiger partial charge in [-0.1, -0.05) is 55.6 Å². The minimum Gasteiger partial charge on any atom is -0.267 e. The number of rotatable bonds is 4. The Morgan fingerprint density at radius 3 is 2.15 bits per heavy atom. The van der Waals surface area contributed by atoms with Crippen molar-refractivity contribution in [1.29, 1.82) is 0 Å². The van der Waals surface area contributed by atoms with Crippen LogP contribution in [0.3, 0.4) is 0 Å². The summed E-state index contributed by atoms with van der Waals surface area (Å²) in [5, 5.41) is -0.423. The Morgan fingerprint density at radius 2 is 1.65 bits per heavy atom. The number of anilines is 1. The smallest absolute Gasteiger partial charge is 0.267 e. The standard InChI is InChI=1S/C15H15Cl2NO2/c1-3-5-9-6-7-11(10(4-2)8-9)18-14(19)12(16)13(17)15(18)20/h6-8H,3-5H2,1-2H3. The summed E-state index contributed by atoms with van der Waals surface area (Å²) in [5.74, 6) is -1.11. The highest BCUT2D eigenvalue weighted by atomic mass is 35.5. The second-order valence-corrected chi connectivity index (χ2v) is 5.40. The van der Waals surface area contributed by atoms with Crippen molar-refractivity contribution in [3.05, 3.63) is 39.4 Å². The first kappa shape index (κ1) is 15.1. The van der Waals surface area contributed by atoms with Gasteiger partial charge in [-0.25, -0.2) is 4.90 Å². The van der Waals surface area contributed by atoms with E-state index in [2.05, 4.69) is 6.92 Å². The van der Waals surface area contributed by atoms with Crippen LogP contribution in [0.25, 0.3) is 0 Å². The molecule has 0 aromatic heterocycles. The van der Waals surface area contributed by atoms with Gasteiger partial charge >= 0.3 is 0 Å². The van der Waals surface area contributed by atoms with Gasteiger partial charge in [-0.15, -0.1) is 0 Å². The molecule has 0 saturated heterocycles. The Balaban J connectivity index is 2.44. The van der Waals surface area contributed by atoms with Gasteiger partial charge in [-0.05, 0) is 30.0 Å². The molecule has 0 atom stereocenters. The highest BCUT2D eigenvalue weighted by molar-refractivity contribution is 6.62. The number of aryl methyl sites for hydroxylation is 2. The highest BCUT2D eigenvalue weighted by Gasteiger charge is 2.38. The van der Waals surface area contributed by atoms with Crippen molar-refractivity contribution in [2.75, 3.05) is 4.90 Å². The monoisotopic (exact) mass is 311 g/mol. The first-order chi connectivity index (χ1) is 9.51. The zero-order valence-electron chi connectivity index (χ0n) is 11.4. The van der Waals surface area contributed by atoms with Crippen molar-refractivity contribution in [2.45, 2.75) is 33.1 Å². The Morgan fingerprint density at radius 1 is 1.05 bits per heavy atom. The van der Waals surface area contributed by atoms with Gasteiger partial charge in [-0.3, -0.25) is 9.59 Å². The van der Waals surface area contributed by atoms with Crippen molar-refractivity contribution in [2.24, 2.45) is 0 Å². The molecule has 0 saturated carbocycles. The molecule has 5 heteroatoms. The van der Waals surface area contributed by atoms with Crippen LogP contribution >= 0.6 is 23.2 Å². The van der Waals surface area contributed by atoms with Crippen molar-refractivity contribution < 1.29 is 9.59 Å². The van der Waals surface area contributed by atoms with Crippen molar-refractivity contribution in [3.63, 3.8) is 0 Å². The third-order valence-electron chi connectivity index (χ3n) is 3.28. The van der Waals surface area contributed by atoms with Crippen LogP contribution in [0.4, 0.5) is 5.69 Å². The van der Waals surface area contributed by atoms with Gasteiger partial charge in [0.25, 0.3) is 11.8 Å². The minimum absolute atomic E-state index is 0.212. The number of halogens is 2. The molecule has 2 rings (SSSR count). The molecule has 1 aliphatic rings. The molecule has 1 aromatic carbocycles. The SMILES string of the molecule is CCCc1ccc(N2C(=O)C(Cl)=C(Cl)C2=O)c(CC)c1. The fraction of sp³-hybridized carbons (Fsp3) is 0.333. The van der Waals surface area contributed by atoms with Gasteiger partial charge in [0.1, 0.15) is 10.1 Å². The molecule has 3 nitrogen and oxygen atoms in total. The third kappa shape index (κ3) is 2.48. The number of hydrogen-bond donors (Lipinski definition) is 0.